The maximum atomic E-state index is 14.1. The third kappa shape index (κ3) is 13.8. The van der Waals surface area contributed by atoms with Crippen molar-refractivity contribution in [1.82, 2.24) is 16.0 Å². The van der Waals surface area contributed by atoms with Gasteiger partial charge in [0.25, 0.3) is 0 Å². The van der Waals surface area contributed by atoms with E-state index in [2.05, 4.69) is 37.2 Å². The van der Waals surface area contributed by atoms with Crippen molar-refractivity contribution in [3.05, 3.63) is 89.0 Å². The Morgan fingerprint density at radius 1 is 0.765 bits per heavy atom. The maximum Gasteiger partial charge on any atom is 0.407 e. The Hall–Kier alpha value is -6.54. The third-order valence-corrected chi connectivity index (χ3v) is 12.1. The van der Waals surface area contributed by atoms with Gasteiger partial charge in [-0.15, -0.1) is 0 Å². The van der Waals surface area contributed by atoms with Crippen molar-refractivity contribution in [3.8, 4) is 11.1 Å². The Kier molecular flexibility index (Phi) is 18.9. The average Bonchev–Trinajstić information content (AvgIpc) is 3.61. The number of carbonyl (C=O) groups excluding carboxylic acids is 8. The predicted octanol–water partition coefficient (Wildman–Crippen LogP) is 4.68. The lowest BCUT2D eigenvalue weighted by atomic mass is 9.90. The lowest BCUT2D eigenvalue weighted by molar-refractivity contribution is -0.249. The van der Waals surface area contributed by atoms with Crippen LogP contribution in [0.3, 0.4) is 0 Å². The zero-order valence-corrected chi connectivity index (χ0v) is 40.3. The van der Waals surface area contributed by atoms with E-state index in [1.54, 1.807) is 32.0 Å². The fraction of sp³-hybridized carbons (Fsp3) is 0.458. The summed E-state index contributed by atoms with van der Waals surface area (Å²) in [6, 6.07) is 17.9. The largest absolute Gasteiger partial charge is 0.467 e. The number of ether oxygens (including phenoxy) is 6. The number of anilines is 1. The maximum absolute atomic E-state index is 14.1. The van der Waals surface area contributed by atoms with Crippen LogP contribution in [-0.2, 0) is 68.9 Å². The number of esters is 4. The molecule has 20 heteroatoms. The van der Waals surface area contributed by atoms with Crippen molar-refractivity contribution < 1.29 is 66.8 Å². The Bertz CT molecular complexity index is 2300. The highest BCUT2D eigenvalue weighted by molar-refractivity contribution is 9.08. The summed E-state index contributed by atoms with van der Waals surface area (Å²) in [5, 5.41) is 11.2. The Morgan fingerprint density at radius 2 is 1.37 bits per heavy atom. The standard InChI is InChI=1S/C48H58BrN5O14/c1-25(2)39(54-48(62)64-24-36-34-14-9-7-12-32(34)33-13-8-10-15-35(33)36)45(59)53-37(16-11-21-51-47(50)61)44(58)52-31-19-17-30(23-49)29(22-31)18-20-38-40(65-26(3)55)41(66-27(4)56)42(67-28(5)57)43(68-38)46(60)63-6/h7-10,12-15,17,19,22,25,36-43H,11,16,18,20-21,23-24H2,1-6H3,(H,52,58)(H,53,59)(H,54,62)(H3,50,51,61)/t37-,38-,39-,40-,41+,42-,43-/m0/s1. The fourth-order valence-corrected chi connectivity index (χ4v) is 8.92. The summed E-state index contributed by atoms with van der Waals surface area (Å²) in [4.78, 5) is 102. The molecule has 0 bridgehead atoms. The van der Waals surface area contributed by atoms with E-state index < -0.39 is 96.3 Å². The molecule has 1 saturated heterocycles. The van der Waals surface area contributed by atoms with Gasteiger partial charge in [0.1, 0.15) is 18.7 Å². The minimum atomic E-state index is -1.55. The summed E-state index contributed by atoms with van der Waals surface area (Å²) in [5.74, 6) is -5.19. The number of alkyl carbamates (subject to hydrolysis) is 1. The second kappa shape index (κ2) is 24.5. The van der Waals surface area contributed by atoms with Crippen LogP contribution in [0.4, 0.5) is 15.3 Å². The molecule has 6 N–H and O–H groups in total. The third-order valence-electron chi connectivity index (χ3n) is 11.5. The monoisotopic (exact) mass is 1010 g/mol. The van der Waals surface area contributed by atoms with Gasteiger partial charge in [0.15, 0.2) is 24.4 Å². The topological polar surface area (TPSA) is 266 Å². The number of nitrogens with two attached hydrogens (primary N) is 1. The molecular weight excluding hydrogens is 950 g/mol. The van der Waals surface area contributed by atoms with Crippen LogP contribution in [0.25, 0.3) is 11.1 Å². The summed E-state index contributed by atoms with van der Waals surface area (Å²) in [7, 11) is 1.10. The van der Waals surface area contributed by atoms with Crippen LogP contribution < -0.4 is 27.0 Å². The number of nitrogens with one attached hydrogen (secondary N) is 4. The fourth-order valence-electron chi connectivity index (χ4n) is 8.38. The van der Waals surface area contributed by atoms with Gasteiger partial charge in [0, 0.05) is 44.3 Å². The average molecular weight is 1010 g/mol. The van der Waals surface area contributed by atoms with E-state index in [4.69, 9.17) is 34.2 Å². The number of hydrogen-bond donors (Lipinski definition) is 5. The molecule has 1 fully saturated rings. The number of benzene rings is 3. The SMILES string of the molecule is COC(=O)[C@H]1O[C@@H](CCc2cc(NC(=O)[C@H](CCCNC(N)=O)NC(=O)[C@@H](NC(=O)OCC3c4ccccc4-c4ccccc43)C(C)C)ccc2CBr)[C@H](OC(C)=O)[C@@H](OC(C)=O)[C@@H]1OC(C)=O. The second-order valence-electron chi connectivity index (χ2n) is 16.7. The molecule has 0 spiro atoms. The second-order valence-corrected chi connectivity index (χ2v) is 17.2. The van der Waals surface area contributed by atoms with Crippen LogP contribution in [0.1, 0.15) is 82.1 Å². The molecule has 1 aliphatic heterocycles. The van der Waals surface area contributed by atoms with Gasteiger partial charge in [-0.05, 0) is 77.1 Å². The van der Waals surface area contributed by atoms with E-state index in [0.717, 1.165) is 55.7 Å². The first-order valence-corrected chi connectivity index (χ1v) is 23.2. The number of fused-ring (bicyclic) bond motifs is 3. The van der Waals surface area contributed by atoms with Crippen LogP contribution in [0.2, 0.25) is 0 Å². The molecule has 0 radical (unpaired) electrons. The van der Waals surface area contributed by atoms with Gasteiger partial charge < -0.3 is 55.4 Å². The van der Waals surface area contributed by atoms with Crippen LogP contribution in [0.15, 0.2) is 66.7 Å². The highest BCUT2D eigenvalue weighted by Crippen LogP contribution is 2.44. The van der Waals surface area contributed by atoms with E-state index in [-0.39, 0.29) is 44.8 Å². The van der Waals surface area contributed by atoms with Crippen LogP contribution in [-0.4, -0.2) is 111 Å². The molecule has 7 atom stereocenters. The molecule has 3 aromatic rings. The smallest absolute Gasteiger partial charge is 0.407 e. The van der Waals surface area contributed by atoms with E-state index in [0.29, 0.717) is 16.6 Å². The molecule has 1 heterocycles. The van der Waals surface area contributed by atoms with E-state index in [1.807, 2.05) is 48.5 Å². The number of primary amides is 1. The van der Waals surface area contributed by atoms with Gasteiger partial charge in [-0.1, -0.05) is 84.4 Å². The quantitative estimate of drug-likeness (QED) is 0.0445. The van der Waals surface area contributed by atoms with Crippen LogP contribution in [0, 0.1) is 5.92 Å². The van der Waals surface area contributed by atoms with Gasteiger partial charge >= 0.3 is 36.0 Å². The highest BCUT2D eigenvalue weighted by Gasteiger charge is 2.54. The van der Waals surface area contributed by atoms with Crippen molar-refractivity contribution in [2.24, 2.45) is 11.7 Å². The Balaban J connectivity index is 1.31. The molecule has 366 valence electrons. The first-order valence-electron chi connectivity index (χ1n) is 22.1. The van der Waals surface area contributed by atoms with Crippen molar-refractivity contribution in [3.63, 3.8) is 0 Å². The lowest BCUT2D eigenvalue weighted by Gasteiger charge is -2.43. The van der Waals surface area contributed by atoms with Crippen molar-refractivity contribution >= 4 is 69.4 Å². The molecule has 0 saturated carbocycles. The van der Waals surface area contributed by atoms with Crippen LogP contribution in [0.5, 0.6) is 0 Å². The zero-order chi connectivity index (χ0) is 49.7. The molecule has 1 aliphatic carbocycles. The number of rotatable bonds is 20. The Labute approximate surface area is 402 Å². The number of hydrogen-bond acceptors (Lipinski definition) is 14. The van der Waals surface area contributed by atoms with E-state index >= 15 is 0 Å². The summed E-state index contributed by atoms with van der Waals surface area (Å²) >= 11 is 3.50. The highest BCUT2D eigenvalue weighted by atomic mass is 79.9. The minimum absolute atomic E-state index is 0.0276. The van der Waals surface area contributed by atoms with Gasteiger partial charge in [0.05, 0.1) is 13.2 Å². The molecular formula is C48H58BrN5O14. The first-order chi connectivity index (χ1) is 32.4. The molecule has 19 nitrogen and oxygen atoms in total. The molecule has 0 unspecified atom stereocenters. The number of alkyl halides is 1. The van der Waals surface area contributed by atoms with Crippen molar-refractivity contribution in [1.29, 1.82) is 0 Å². The Morgan fingerprint density at radius 3 is 1.94 bits per heavy atom. The molecule has 0 aromatic heterocycles. The number of halogens is 1. The molecule has 2 aliphatic rings. The number of urea groups is 1. The van der Waals surface area contributed by atoms with Crippen LogP contribution >= 0.6 is 15.9 Å². The summed E-state index contributed by atoms with van der Waals surface area (Å²) in [6.07, 6.45) is -7.17. The number of methoxy groups -OCH3 is 1. The zero-order valence-electron chi connectivity index (χ0n) is 38.7. The molecule has 3 aromatic carbocycles. The molecule has 5 amide bonds. The summed E-state index contributed by atoms with van der Waals surface area (Å²) in [6.45, 7) is 6.95. The predicted molar refractivity (Wildman–Crippen MR) is 249 cm³/mol. The van der Waals surface area contributed by atoms with Gasteiger partial charge in [-0.25, -0.2) is 14.4 Å². The van der Waals surface area contributed by atoms with Gasteiger partial charge in [-0.2, -0.15) is 0 Å². The van der Waals surface area contributed by atoms with Gasteiger partial charge in [-0.3, -0.25) is 24.0 Å². The number of amides is 5. The first kappa shape index (κ1) is 52.4. The summed E-state index contributed by atoms with van der Waals surface area (Å²) in [5.41, 5.74) is 11.2. The van der Waals surface area contributed by atoms with Crippen molar-refractivity contribution in [2.75, 3.05) is 25.6 Å². The van der Waals surface area contributed by atoms with E-state index in [9.17, 15) is 38.4 Å². The van der Waals surface area contributed by atoms with Gasteiger partial charge in [0.2, 0.25) is 11.8 Å². The normalized spacial score (nSPS) is 19.2. The number of carbonyl (C=O) groups is 8. The summed E-state index contributed by atoms with van der Waals surface area (Å²) < 4.78 is 33.2. The lowest BCUT2D eigenvalue weighted by Crippen LogP contribution is -2.63. The molecule has 5 rings (SSSR count). The van der Waals surface area contributed by atoms with Crippen molar-refractivity contribution in [2.45, 2.75) is 114 Å². The minimum Gasteiger partial charge on any atom is -0.467 e. The molecule has 68 heavy (non-hydrogen) atoms. The van der Waals surface area contributed by atoms with E-state index in [1.165, 1.54) is 0 Å². The number of aryl methyl sites for hydroxylation is 1.